The summed E-state index contributed by atoms with van der Waals surface area (Å²) in [5.41, 5.74) is 8.32. The number of amides is 1. The van der Waals surface area contributed by atoms with E-state index in [1.807, 2.05) is 12.1 Å². The topological polar surface area (TPSA) is 155 Å². The van der Waals surface area contributed by atoms with Crippen LogP contribution in [0, 0.1) is 10.1 Å². The van der Waals surface area contributed by atoms with Crippen molar-refractivity contribution in [3.05, 3.63) is 69.8 Å². The van der Waals surface area contributed by atoms with Gasteiger partial charge in [-0.1, -0.05) is 18.2 Å². The Bertz CT molecular complexity index is 1400. The van der Waals surface area contributed by atoms with Crippen LogP contribution in [0.4, 0.5) is 11.5 Å². The minimum Gasteiger partial charge on any atom is -0.462 e. The summed E-state index contributed by atoms with van der Waals surface area (Å²) >= 11 is 0. The summed E-state index contributed by atoms with van der Waals surface area (Å²) in [5.74, 6) is -0.955. The van der Waals surface area contributed by atoms with Crippen molar-refractivity contribution in [1.29, 1.82) is 0 Å². The molecule has 0 unspecified atom stereocenters. The second-order valence-corrected chi connectivity index (χ2v) is 7.08. The van der Waals surface area contributed by atoms with E-state index in [4.69, 9.17) is 10.5 Å². The highest BCUT2D eigenvalue weighted by molar-refractivity contribution is 6.08. The number of nitro benzene ring substituents is 1. The number of benzene rings is 2. The Morgan fingerprint density at radius 1 is 1.15 bits per heavy atom. The third kappa shape index (κ3) is 4.15. The summed E-state index contributed by atoms with van der Waals surface area (Å²) in [5, 5.41) is 13.6. The van der Waals surface area contributed by atoms with E-state index >= 15 is 0 Å². The van der Waals surface area contributed by atoms with Crippen LogP contribution in [0.3, 0.4) is 0 Å². The molecule has 33 heavy (non-hydrogen) atoms. The molecule has 4 aromatic rings. The number of nitrogens with one attached hydrogen (secondary N) is 1. The molecule has 0 radical (unpaired) electrons. The van der Waals surface area contributed by atoms with Crippen molar-refractivity contribution in [3.8, 4) is 0 Å². The van der Waals surface area contributed by atoms with Crippen LogP contribution in [0.1, 0.15) is 27.6 Å². The number of rotatable bonds is 7. The van der Waals surface area contributed by atoms with Crippen LogP contribution < -0.4 is 11.1 Å². The van der Waals surface area contributed by atoms with Gasteiger partial charge < -0.3 is 20.4 Å². The number of nitrogens with zero attached hydrogens (tertiary/aromatic N) is 4. The highest BCUT2D eigenvalue weighted by atomic mass is 16.6. The Morgan fingerprint density at radius 2 is 1.88 bits per heavy atom. The van der Waals surface area contributed by atoms with Crippen LogP contribution >= 0.6 is 0 Å². The number of carbonyl (C=O) groups is 2. The van der Waals surface area contributed by atoms with Crippen molar-refractivity contribution in [3.63, 3.8) is 0 Å². The predicted octanol–water partition coefficient (Wildman–Crippen LogP) is 2.68. The summed E-state index contributed by atoms with van der Waals surface area (Å²) < 4.78 is 6.74. The first-order valence-electron chi connectivity index (χ1n) is 10.1. The monoisotopic (exact) mass is 448 g/mol. The van der Waals surface area contributed by atoms with Gasteiger partial charge in [-0.05, 0) is 25.1 Å². The molecule has 2 aromatic heterocycles. The van der Waals surface area contributed by atoms with Gasteiger partial charge in [-0.15, -0.1) is 0 Å². The normalized spacial score (nSPS) is 10.9. The first kappa shape index (κ1) is 21.7. The molecule has 4 rings (SSSR count). The summed E-state index contributed by atoms with van der Waals surface area (Å²) in [6.07, 6.45) is 0. The van der Waals surface area contributed by atoms with Gasteiger partial charge >= 0.3 is 5.97 Å². The molecule has 0 saturated heterocycles. The number of ether oxygens (including phenoxy) is 1. The zero-order chi connectivity index (χ0) is 23.5. The third-order valence-corrected chi connectivity index (χ3v) is 5.01. The van der Waals surface area contributed by atoms with Crippen molar-refractivity contribution < 1.29 is 19.2 Å². The van der Waals surface area contributed by atoms with E-state index in [-0.39, 0.29) is 42.3 Å². The number of nitrogen functional groups attached to an aromatic ring is 1. The summed E-state index contributed by atoms with van der Waals surface area (Å²) in [7, 11) is 0. The summed E-state index contributed by atoms with van der Waals surface area (Å²) in [6, 6.07) is 12.7. The van der Waals surface area contributed by atoms with Crippen molar-refractivity contribution in [1.82, 2.24) is 19.9 Å². The minimum atomic E-state index is -0.607. The standard InChI is InChI=1S/C22H20N6O5/c1-2-33-22(30)17-18-20(26-16-9-4-3-8-15(16)25-18)27(19(17)23)11-10-24-21(29)13-6-5-7-14(12-13)28(31)32/h3-9,12H,2,10-11,23H2,1H3,(H,24,29). The van der Waals surface area contributed by atoms with Crippen molar-refractivity contribution in [2.24, 2.45) is 0 Å². The van der Waals surface area contributed by atoms with Crippen LogP contribution in [0.25, 0.3) is 22.2 Å². The molecule has 2 heterocycles. The molecule has 3 N–H and O–H groups in total. The van der Waals surface area contributed by atoms with Gasteiger partial charge in [0.15, 0.2) is 5.65 Å². The van der Waals surface area contributed by atoms with Gasteiger partial charge in [-0.25, -0.2) is 14.8 Å². The molecule has 0 saturated carbocycles. The quantitative estimate of drug-likeness (QED) is 0.248. The number of nitrogens with two attached hydrogens (primary N) is 1. The van der Waals surface area contributed by atoms with Gasteiger partial charge in [0.05, 0.1) is 22.6 Å². The number of carbonyl (C=O) groups excluding carboxylic acids is 2. The molecule has 0 spiro atoms. The lowest BCUT2D eigenvalue weighted by Crippen LogP contribution is -2.27. The number of non-ortho nitro benzene ring substituents is 1. The van der Waals surface area contributed by atoms with Gasteiger partial charge in [-0.3, -0.25) is 14.9 Å². The molecule has 0 aliphatic rings. The number of esters is 1. The highest BCUT2D eigenvalue weighted by Gasteiger charge is 2.25. The Balaban J connectivity index is 1.64. The van der Waals surface area contributed by atoms with Crippen molar-refractivity contribution >= 4 is 45.6 Å². The zero-order valence-corrected chi connectivity index (χ0v) is 17.6. The number of aromatic nitrogens is 3. The lowest BCUT2D eigenvalue weighted by Gasteiger charge is -2.09. The lowest BCUT2D eigenvalue weighted by molar-refractivity contribution is -0.384. The average molecular weight is 448 g/mol. The Hall–Kier alpha value is -4.54. The van der Waals surface area contributed by atoms with Gasteiger partial charge in [0.2, 0.25) is 0 Å². The first-order valence-corrected chi connectivity index (χ1v) is 10.1. The van der Waals surface area contributed by atoms with E-state index in [2.05, 4.69) is 15.3 Å². The lowest BCUT2D eigenvalue weighted by atomic mass is 10.2. The molecule has 0 aliphatic heterocycles. The largest absolute Gasteiger partial charge is 0.462 e. The number of hydrogen-bond acceptors (Lipinski definition) is 8. The number of anilines is 1. The molecule has 1 amide bonds. The molecule has 2 aromatic carbocycles. The second-order valence-electron chi connectivity index (χ2n) is 7.08. The SMILES string of the molecule is CCOC(=O)c1c(N)n(CCNC(=O)c2cccc([N+](=O)[O-])c2)c2nc3ccccc3nc12. The van der Waals surface area contributed by atoms with E-state index in [1.54, 1.807) is 23.6 Å². The molecular weight excluding hydrogens is 428 g/mol. The van der Waals surface area contributed by atoms with E-state index in [0.717, 1.165) is 0 Å². The van der Waals surface area contributed by atoms with E-state index in [9.17, 15) is 19.7 Å². The fourth-order valence-corrected chi connectivity index (χ4v) is 3.49. The summed E-state index contributed by atoms with van der Waals surface area (Å²) in [4.78, 5) is 44.6. The maximum atomic E-state index is 12.6. The first-order chi connectivity index (χ1) is 15.9. The van der Waals surface area contributed by atoms with E-state index in [0.29, 0.717) is 22.2 Å². The Morgan fingerprint density at radius 3 is 2.58 bits per heavy atom. The predicted molar refractivity (Wildman–Crippen MR) is 121 cm³/mol. The van der Waals surface area contributed by atoms with Gasteiger partial charge in [0.25, 0.3) is 11.6 Å². The number of hydrogen-bond donors (Lipinski definition) is 2. The van der Waals surface area contributed by atoms with E-state index in [1.165, 1.54) is 24.3 Å². The van der Waals surface area contributed by atoms with E-state index < -0.39 is 16.8 Å². The van der Waals surface area contributed by atoms with Crippen molar-refractivity contribution in [2.75, 3.05) is 18.9 Å². The fraction of sp³-hybridized carbons (Fsp3) is 0.182. The number of nitro groups is 1. The third-order valence-electron chi connectivity index (χ3n) is 5.01. The minimum absolute atomic E-state index is 0.120. The van der Waals surface area contributed by atoms with Crippen LogP contribution in [-0.2, 0) is 11.3 Å². The van der Waals surface area contributed by atoms with Gasteiger partial charge in [0, 0.05) is 30.8 Å². The smallest absolute Gasteiger partial charge is 0.344 e. The van der Waals surface area contributed by atoms with Gasteiger partial charge in [-0.2, -0.15) is 0 Å². The molecular formula is C22H20N6O5. The van der Waals surface area contributed by atoms with Gasteiger partial charge in [0.1, 0.15) is 16.9 Å². The summed E-state index contributed by atoms with van der Waals surface area (Å²) in [6.45, 7) is 2.19. The molecule has 0 aliphatic carbocycles. The Kier molecular flexibility index (Phi) is 5.85. The molecule has 11 heteroatoms. The van der Waals surface area contributed by atoms with Crippen LogP contribution in [0.15, 0.2) is 48.5 Å². The number of para-hydroxylation sites is 2. The molecule has 0 bridgehead atoms. The molecule has 0 fully saturated rings. The average Bonchev–Trinajstić information content (AvgIpc) is 3.08. The zero-order valence-electron chi connectivity index (χ0n) is 17.6. The maximum absolute atomic E-state index is 12.6. The number of fused-ring (bicyclic) bond motifs is 2. The second kappa shape index (κ2) is 8.91. The maximum Gasteiger partial charge on any atom is 0.344 e. The van der Waals surface area contributed by atoms with Crippen LogP contribution in [0.2, 0.25) is 0 Å². The molecule has 0 atom stereocenters. The Labute approximate surface area is 187 Å². The molecule has 168 valence electrons. The fourth-order valence-electron chi connectivity index (χ4n) is 3.49. The van der Waals surface area contributed by atoms with Crippen LogP contribution in [0.5, 0.6) is 0 Å². The van der Waals surface area contributed by atoms with Crippen LogP contribution in [-0.4, -0.2) is 44.5 Å². The highest BCUT2D eigenvalue weighted by Crippen LogP contribution is 2.28. The van der Waals surface area contributed by atoms with Crippen molar-refractivity contribution in [2.45, 2.75) is 13.5 Å². The molecule has 11 nitrogen and oxygen atoms in total.